The quantitative estimate of drug-likeness (QED) is 0.727. The molecule has 1 heterocycles. The van der Waals surface area contributed by atoms with Crippen LogP contribution in [0.1, 0.15) is 27.7 Å². The Labute approximate surface area is 127 Å². The molecule has 0 bridgehead atoms. The molecular weight excluding hydrogens is 283 g/mol. The van der Waals surface area contributed by atoms with E-state index >= 15 is 0 Å². The van der Waals surface area contributed by atoms with Crippen LogP contribution in [0, 0.1) is 19.7 Å². The number of hydrogen-bond donors (Lipinski definition) is 1. The number of rotatable bonds is 3. The van der Waals surface area contributed by atoms with Gasteiger partial charge < -0.3 is 5.11 Å². The van der Waals surface area contributed by atoms with Gasteiger partial charge in [-0.25, -0.2) is 4.39 Å². The topological polar surface area (TPSA) is 20.2 Å². The first-order valence-corrected chi connectivity index (χ1v) is 7.78. The van der Waals surface area contributed by atoms with Gasteiger partial charge in [-0.05, 0) is 60.2 Å². The summed E-state index contributed by atoms with van der Waals surface area (Å²) in [6.45, 7) is 4.16. The van der Waals surface area contributed by atoms with E-state index in [0.717, 1.165) is 20.5 Å². The van der Waals surface area contributed by atoms with E-state index in [0.29, 0.717) is 6.42 Å². The summed E-state index contributed by atoms with van der Waals surface area (Å²) >= 11 is 1.52. The van der Waals surface area contributed by atoms with Crippen LogP contribution in [0.25, 0.3) is 10.1 Å². The Balaban J connectivity index is 1.85. The van der Waals surface area contributed by atoms with E-state index in [4.69, 9.17) is 0 Å². The summed E-state index contributed by atoms with van der Waals surface area (Å²) < 4.78 is 14.2. The Morgan fingerprint density at radius 3 is 2.62 bits per heavy atom. The van der Waals surface area contributed by atoms with Gasteiger partial charge in [0.15, 0.2) is 0 Å². The lowest BCUT2D eigenvalue weighted by Crippen LogP contribution is -2.00. The summed E-state index contributed by atoms with van der Waals surface area (Å²) in [4.78, 5) is 0.883. The smallest absolute Gasteiger partial charge is 0.123 e. The van der Waals surface area contributed by atoms with Crippen LogP contribution in [0.4, 0.5) is 4.39 Å². The van der Waals surface area contributed by atoms with Crippen molar-refractivity contribution in [2.24, 2.45) is 0 Å². The van der Waals surface area contributed by atoms with Crippen molar-refractivity contribution in [2.45, 2.75) is 26.4 Å². The van der Waals surface area contributed by atoms with Gasteiger partial charge in [0, 0.05) is 16.0 Å². The molecule has 0 aliphatic heterocycles. The standard InChI is InChI=1S/C18H17FOS/c1-11-3-4-13(7-12(11)2)8-16(20)18-10-14-9-15(19)5-6-17(14)21-18/h3-7,9-10,16,20H,8H2,1-2H3. The fraction of sp³-hybridized carbons (Fsp3) is 0.222. The fourth-order valence-corrected chi connectivity index (χ4v) is 3.48. The molecule has 0 saturated heterocycles. The second-order valence-electron chi connectivity index (χ2n) is 5.47. The Morgan fingerprint density at radius 1 is 1.05 bits per heavy atom. The van der Waals surface area contributed by atoms with Crippen LogP contribution in [0.5, 0.6) is 0 Å². The van der Waals surface area contributed by atoms with Crippen molar-refractivity contribution in [3.05, 3.63) is 69.8 Å². The van der Waals surface area contributed by atoms with E-state index < -0.39 is 6.10 Å². The number of halogens is 1. The second-order valence-corrected chi connectivity index (χ2v) is 6.58. The average molecular weight is 300 g/mol. The van der Waals surface area contributed by atoms with Gasteiger partial charge >= 0.3 is 0 Å². The maximum absolute atomic E-state index is 13.2. The minimum atomic E-state index is -0.549. The molecule has 1 nitrogen and oxygen atoms in total. The van der Waals surface area contributed by atoms with Crippen LogP contribution in [0.3, 0.4) is 0 Å². The minimum Gasteiger partial charge on any atom is -0.387 e. The van der Waals surface area contributed by atoms with Gasteiger partial charge in [-0.1, -0.05) is 18.2 Å². The first-order valence-electron chi connectivity index (χ1n) is 6.96. The molecule has 3 heteroatoms. The molecule has 1 N–H and O–H groups in total. The lowest BCUT2D eigenvalue weighted by Gasteiger charge is -2.10. The molecule has 1 aromatic heterocycles. The number of aliphatic hydroxyl groups is 1. The van der Waals surface area contributed by atoms with Crippen molar-refractivity contribution in [1.82, 2.24) is 0 Å². The monoisotopic (exact) mass is 300 g/mol. The zero-order valence-electron chi connectivity index (χ0n) is 12.1. The summed E-state index contributed by atoms with van der Waals surface area (Å²) in [5, 5.41) is 11.3. The predicted molar refractivity (Wildman–Crippen MR) is 86.4 cm³/mol. The van der Waals surface area contributed by atoms with E-state index in [9.17, 15) is 9.50 Å². The van der Waals surface area contributed by atoms with Gasteiger partial charge in [-0.15, -0.1) is 11.3 Å². The third-order valence-corrected chi connectivity index (χ3v) is 5.04. The van der Waals surface area contributed by atoms with Gasteiger partial charge in [0.05, 0.1) is 6.10 Å². The molecule has 1 atom stereocenters. The van der Waals surface area contributed by atoms with E-state index in [1.807, 2.05) is 6.07 Å². The van der Waals surface area contributed by atoms with Gasteiger partial charge in [-0.3, -0.25) is 0 Å². The molecule has 0 aliphatic rings. The van der Waals surface area contributed by atoms with Crippen molar-refractivity contribution in [2.75, 3.05) is 0 Å². The predicted octanol–water partition coefficient (Wildman–Crippen LogP) is 4.93. The van der Waals surface area contributed by atoms with Crippen LogP contribution >= 0.6 is 11.3 Å². The summed E-state index contributed by atoms with van der Waals surface area (Å²) in [5.41, 5.74) is 3.61. The Hall–Kier alpha value is -1.71. The third-order valence-electron chi connectivity index (χ3n) is 3.83. The molecule has 21 heavy (non-hydrogen) atoms. The summed E-state index contributed by atoms with van der Waals surface area (Å²) in [6.07, 6.45) is 0.0312. The van der Waals surface area contributed by atoms with Crippen molar-refractivity contribution < 1.29 is 9.50 Å². The molecule has 108 valence electrons. The molecule has 3 rings (SSSR count). The second kappa shape index (κ2) is 5.58. The number of hydrogen-bond acceptors (Lipinski definition) is 2. The van der Waals surface area contributed by atoms with Crippen molar-refractivity contribution in [1.29, 1.82) is 0 Å². The molecule has 0 fully saturated rings. The molecule has 1 unspecified atom stereocenters. The molecule has 0 aliphatic carbocycles. The number of aryl methyl sites for hydroxylation is 2. The number of thiophene rings is 1. The highest BCUT2D eigenvalue weighted by molar-refractivity contribution is 7.19. The maximum Gasteiger partial charge on any atom is 0.123 e. The largest absolute Gasteiger partial charge is 0.387 e. The SMILES string of the molecule is Cc1ccc(CC(O)c2cc3cc(F)ccc3s2)cc1C. The van der Waals surface area contributed by atoms with E-state index in [2.05, 4.69) is 32.0 Å². The first-order chi connectivity index (χ1) is 10.0. The summed E-state index contributed by atoms with van der Waals surface area (Å²) in [7, 11) is 0. The highest BCUT2D eigenvalue weighted by Crippen LogP contribution is 2.32. The van der Waals surface area contributed by atoms with Crippen LogP contribution < -0.4 is 0 Å². The van der Waals surface area contributed by atoms with Crippen LogP contribution in [-0.4, -0.2) is 5.11 Å². The highest BCUT2D eigenvalue weighted by atomic mass is 32.1. The van der Waals surface area contributed by atoms with Crippen molar-refractivity contribution in [3.63, 3.8) is 0 Å². The lowest BCUT2D eigenvalue weighted by atomic mass is 10.0. The first kappa shape index (κ1) is 14.2. The lowest BCUT2D eigenvalue weighted by molar-refractivity contribution is 0.182. The average Bonchev–Trinajstić information content (AvgIpc) is 2.86. The van der Waals surface area contributed by atoms with Gasteiger partial charge in [-0.2, -0.15) is 0 Å². The van der Waals surface area contributed by atoms with E-state index in [1.54, 1.807) is 6.07 Å². The summed E-state index contributed by atoms with van der Waals surface area (Å²) in [5.74, 6) is -0.240. The normalized spacial score (nSPS) is 12.8. The van der Waals surface area contributed by atoms with Gasteiger partial charge in [0.1, 0.15) is 5.82 Å². The maximum atomic E-state index is 13.2. The van der Waals surface area contributed by atoms with Crippen molar-refractivity contribution in [3.8, 4) is 0 Å². The number of aliphatic hydroxyl groups excluding tert-OH is 1. The fourth-order valence-electron chi connectivity index (χ4n) is 2.45. The zero-order chi connectivity index (χ0) is 15.0. The molecule has 0 amide bonds. The molecule has 0 saturated carbocycles. The Bertz CT molecular complexity index is 791. The molecule has 3 aromatic rings. The van der Waals surface area contributed by atoms with Crippen LogP contribution in [-0.2, 0) is 6.42 Å². The summed E-state index contributed by atoms with van der Waals surface area (Å²) in [6, 6.07) is 12.9. The van der Waals surface area contributed by atoms with Crippen LogP contribution in [0.2, 0.25) is 0 Å². The molecule has 0 radical (unpaired) electrons. The van der Waals surface area contributed by atoms with E-state index in [-0.39, 0.29) is 5.82 Å². The Morgan fingerprint density at radius 2 is 1.86 bits per heavy atom. The Kier molecular flexibility index (Phi) is 3.79. The molecular formula is C18H17FOS. The van der Waals surface area contributed by atoms with E-state index in [1.165, 1.54) is 34.6 Å². The molecule has 0 spiro atoms. The minimum absolute atomic E-state index is 0.240. The van der Waals surface area contributed by atoms with Gasteiger partial charge in [0.25, 0.3) is 0 Å². The number of benzene rings is 2. The third kappa shape index (κ3) is 2.99. The highest BCUT2D eigenvalue weighted by Gasteiger charge is 2.13. The molecule has 2 aromatic carbocycles. The van der Waals surface area contributed by atoms with Gasteiger partial charge in [0.2, 0.25) is 0 Å². The van der Waals surface area contributed by atoms with Crippen molar-refractivity contribution >= 4 is 21.4 Å². The number of fused-ring (bicyclic) bond motifs is 1. The van der Waals surface area contributed by atoms with Crippen LogP contribution in [0.15, 0.2) is 42.5 Å². The zero-order valence-corrected chi connectivity index (χ0v) is 12.9.